The molecule has 4 heteroatoms. The number of rotatable bonds is 4. The number of halogens is 1. The molecule has 0 bridgehead atoms. The highest BCUT2D eigenvalue weighted by Crippen LogP contribution is 2.17. The summed E-state index contributed by atoms with van der Waals surface area (Å²) in [7, 11) is 0. The summed E-state index contributed by atoms with van der Waals surface area (Å²) in [4.78, 5) is 14.6. The molecule has 1 aliphatic heterocycles. The predicted molar refractivity (Wildman–Crippen MR) is 86.1 cm³/mol. The van der Waals surface area contributed by atoms with Gasteiger partial charge in [0.15, 0.2) is 0 Å². The molecule has 1 heterocycles. The average molecular weight is 339 g/mol. The van der Waals surface area contributed by atoms with Gasteiger partial charge in [-0.2, -0.15) is 0 Å². The quantitative estimate of drug-likeness (QED) is 0.912. The fourth-order valence-corrected chi connectivity index (χ4v) is 3.35. The second kappa shape index (κ2) is 7.23. The van der Waals surface area contributed by atoms with Gasteiger partial charge in [-0.1, -0.05) is 22.4 Å². The summed E-state index contributed by atoms with van der Waals surface area (Å²) in [6.07, 6.45) is 3.68. The molecule has 20 heavy (non-hydrogen) atoms. The molecule has 1 aliphatic rings. The fourth-order valence-electron chi connectivity index (χ4n) is 2.74. The van der Waals surface area contributed by atoms with Crippen LogP contribution in [0.25, 0.3) is 0 Å². The Balaban J connectivity index is 2.07. The third kappa shape index (κ3) is 4.06. The zero-order valence-electron chi connectivity index (χ0n) is 12.3. The number of nitrogens with zero attached hydrogens (tertiary/aromatic N) is 1. The molecule has 1 atom stereocenters. The van der Waals surface area contributed by atoms with Crippen molar-refractivity contribution in [1.29, 1.82) is 0 Å². The number of hydrogen-bond acceptors (Lipinski definition) is 2. The van der Waals surface area contributed by atoms with E-state index in [9.17, 15) is 4.79 Å². The fraction of sp³-hybridized carbons (Fsp3) is 0.562. The van der Waals surface area contributed by atoms with Crippen LogP contribution < -0.4 is 5.32 Å². The number of benzene rings is 1. The van der Waals surface area contributed by atoms with E-state index in [4.69, 9.17) is 0 Å². The number of aryl methyl sites for hydroxylation is 1. The molecule has 1 aromatic rings. The zero-order valence-corrected chi connectivity index (χ0v) is 13.9. The van der Waals surface area contributed by atoms with Gasteiger partial charge in [0.2, 0.25) is 0 Å². The molecule has 0 spiro atoms. The minimum Gasteiger partial charge on any atom is -0.337 e. The zero-order chi connectivity index (χ0) is 14.5. The van der Waals surface area contributed by atoms with Gasteiger partial charge in [-0.25, -0.2) is 0 Å². The van der Waals surface area contributed by atoms with Crippen LogP contribution in [-0.2, 0) is 0 Å². The van der Waals surface area contributed by atoms with Crippen molar-refractivity contribution in [3.63, 3.8) is 0 Å². The molecule has 110 valence electrons. The van der Waals surface area contributed by atoms with Crippen molar-refractivity contribution in [2.45, 2.75) is 39.2 Å². The highest BCUT2D eigenvalue weighted by molar-refractivity contribution is 9.10. The van der Waals surface area contributed by atoms with Crippen LogP contribution in [0.2, 0.25) is 0 Å². The first-order valence-corrected chi connectivity index (χ1v) is 8.19. The maximum Gasteiger partial charge on any atom is 0.253 e. The van der Waals surface area contributed by atoms with Crippen LogP contribution in [-0.4, -0.2) is 36.5 Å². The summed E-state index contributed by atoms with van der Waals surface area (Å²) in [6.45, 7) is 6.70. The molecule has 1 amide bonds. The first-order chi connectivity index (χ1) is 9.60. The summed E-state index contributed by atoms with van der Waals surface area (Å²) in [5.74, 6) is 0.129. The van der Waals surface area contributed by atoms with E-state index in [0.29, 0.717) is 6.04 Å². The lowest BCUT2D eigenvalue weighted by molar-refractivity contribution is 0.0741. The van der Waals surface area contributed by atoms with E-state index in [1.54, 1.807) is 0 Å². The van der Waals surface area contributed by atoms with Crippen molar-refractivity contribution in [1.82, 2.24) is 10.2 Å². The summed E-state index contributed by atoms with van der Waals surface area (Å²) in [5.41, 5.74) is 1.88. The molecular weight excluding hydrogens is 316 g/mol. The van der Waals surface area contributed by atoms with Crippen LogP contribution in [0.4, 0.5) is 0 Å². The van der Waals surface area contributed by atoms with E-state index in [2.05, 4.69) is 21.2 Å². The van der Waals surface area contributed by atoms with E-state index >= 15 is 0 Å². The van der Waals surface area contributed by atoms with Gasteiger partial charge in [-0.05, 0) is 57.0 Å². The van der Waals surface area contributed by atoms with Crippen molar-refractivity contribution in [3.8, 4) is 0 Å². The summed E-state index contributed by atoms with van der Waals surface area (Å²) < 4.78 is 0.965. The molecular formula is C16H23BrN2O. The van der Waals surface area contributed by atoms with E-state index < -0.39 is 0 Å². The van der Waals surface area contributed by atoms with E-state index in [0.717, 1.165) is 35.2 Å². The van der Waals surface area contributed by atoms with Crippen molar-refractivity contribution in [2.75, 3.05) is 19.6 Å². The first-order valence-electron chi connectivity index (χ1n) is 7.40. The maximum atomic E-state index is 12.6. The number of hydrogen-bond donors (Lipinski definition) is 1. The standard InChI is InChI=1S/C16H23BrN2O/c1-3-19(11-15-6-4-5-7-18-15)16(20)13-8-12(2)9-14(17)10-13/h8-10,15,18H,3-7,11H2,1-2H3. The molecule has 1 unspecified atom stereocenters. The lowest BCUT2D eigenvalue weighted by Gasteiger charge is -2.30. The molecule has 1 aromatic carbocycles. The normalized spacial score (nSPS) is 18.9. The third-order valence-electron chi connectivity index (χ3n) is 3.81. The van der Waals surface area contributed by atoms with E-state index in [1.165, 1.54) is 19.3 Å². The number of carbonyl (C=O) groups is 1. The van der Waals surface area contributed by atoms with Crippen LogP contribution >= 0.6 is 15.9 Å². The minimum atomic E-state index is 0.129. The Morgan fingerprint density at radius 3 is 2.80 bits per heavy atom. The molecule has 0 saturated carbocycles. The molecule has 2 rings (SSSR count). The number of amides is 1. The van der Waals surface area contributed by atoms with Gasteiger partial charge in [-0.15, -0.1) is 0 Å². The van der Waals surface area contributed by atoms with Crippen LogP contribution in [0.1, 0.15) is 42.1 Å². The van der Waals surface area contributed by atoms with Crippen molar-refractivity contribution in [3.05, 3.63) is 33.8 Å². The van der Waals surface area contributed by atoms with Crippen molar-refractivity contribution < 1.29 is 4.79 Å². The average Bonchev–Trinajstić information content (AvgIpc) is 2.44. The number of nitrogens with one attached hydrogen (secondary N) is 1. The summed E-state index contributed by atoms with van der Waals surface area (Å²) in [6, 6.07) is 6.34. The second-order valence-electron chi connectivity index (χ2n) is 5.51. The minimum absolute atomic E-state index is 0.129. The van der Waals surface area contributed by atoms with Gasteiger partial charge in [0.05, 0.1) is 0 Å². The molecule has 3 nitrogen and oxygen atoms in total. The Labute approximate surface area is 129 Å². The Kier molecular flexibility index (Phi) is 5.61. The van der Waals surface area contributed by atoms with Gasteiger partial charge in [0.1, 0.15) is 0 Å². The molecule has 1 N–H and O–H groups in total. The van der Waals surface area contributed by atoms with Crippen LogP contribution in [0.3, 0.4) is 0 Å². The van der Waals surface area contributed by atoms with Crippen molar-refractivity contribution in [2.24, 2.45) is 0 Å². The Bertz CT molecular complexity index is 449. The summed E-state index contributed by atoms with van der Waals surface area (Å²) >= 11 is 3.47. The Hall–Kier alpha value is -0.870. The van der Waals surface area contributed by atoms with Crippen LogP contribution in [0.5, 0.6) is 0 Å². The second-order valence-corrected chi connectivity index (χ2v) is 6.42. The van der Waals surface area contributed by atoms with Crippen LogP contribution in [0, 0.1) is 6.92 Å². The molecule has 1 saturated heterocycles. The Morgan fingerprint density at radius 2 is 2.20 bits per heavy atom. The highest BCUT2D eigenvalue weighted by atomic mass is 79.9. The molecule has 0 radical (unpaired) electrons. The predicted octanol–water partition coefficient (Wildman–Crippen LogP) is 3.36. The first kappa shape index (κ1) is 15.5. The number of likely N-dealkylation sites (N-methyl/N-ethyl adjacent to an activating group) is 1. The molecule has 0 aliphatic carbocycles. The lowest BCUT2D eigenvalue weighted by atomic mass is 10.0. The van der Waals surface area contributed by atoms with Gasteiger partial charge in [0, 0.05) is 29.2 Å². The third-order valence-corrected chi connectivity index (χ3v) is 4.27. The molecule has 1 fully saturated rings. The van der Waals surface area contributed by atoms with Crippen LogP contribution in [0.15, 0.2) is 22.7 Å². The smallest absolute Gasteiger partial charge is 0.253 e. The number of carbonyl (C=O) groups excluding carboxylic acids is 1. The number of piperidine rings is 1. The summed E-state index contributed by atoms with van der Waals surface area (Å²) in [5, 5.41) is 3.51. The highest BCUT2D eigenvalue weighted by Gasteiger charge is 2.20. The van der Waals surface area contributed by atoms with Gasteiger partial charge in [-0.3, -0.25) is 4.79 Å². The van der Waals surface area contributed by atoms with Gasteiger partial charge < -0.3 is 10.2 Å². The SMILES string of the molecule is CCN(CC1CCCCN1)C(=O)c1cc(C)cc(Br)c1. The lowest BCUT2D eigenvalue weighted by Crippen LogP contribution is -2.45. The monoisotopic (exact) mass is 338 g/mol. The largest absolute Gasteiger partial charge is 0.337 e. The maximum absolute atomic E-state index is 12.6. The van der Waals surface area contributed by atoms with E-state index in [1.807, 2.05) is 36.9 Å². The topological polar surface area (TPSA) is 32.3 Å². The van der Waals surface area contributed by atoms with Gasteiger partial charge in [0.25, 0.3) is 5.91 Å². The molecule has 0 aromatic heterocycles. The van der Waals surface area contributed by atoms with E-state index in [-0.39, 0.29) is 5.91 Å². The Morgan fingerprint density at radius 1 is 1.40 bits per heavy atom. The van der Waals surface area contributed by atoms with Gasteiger partial charge >= 0.3 is 0 Å². The van der Waals surface area contributed by atoms with Crippen molar-refractivity contribution >= 4 is 21.8 Å².